The third-order valence-corrected chi connectivity index (χ3v) is 2.71. The minimum atomic E-state index is -0.800. The number of rotatable bonds is 4. The quantitative estimate of drug-likeness (QED) is 0.704. The smallest absolute Gasteiger partial charge is 0.197 e. The van der Waals surface area contributed by atoms with E-state index in [9.17, 15) is 4.57 Å². The standard InChI is InChI=1S/C7H9NO2PS/c1-3-10-7(2,11-9)6-4-12-5-8-6/h4H,3H2,1-2H3/t7-/m0/s1. The van der Waals surface area contributed by atoms with Crippen LogP contribution < -0.4 is 0 Å². The van der Waals surface area contributed by atoms with Gasteiger partial charge in [-0.15, -0.1) is 11.3 Å². The Hall–Kier alpha value is -0.310. The third kappa shape index (κ3) is 1.89. The fraction of sp³-hybridized carbons (Fsp3) is 0.571. The van der Waals surface area contributed by atoms with Crippen LogP contribution in [0.15, 0.2) is 5.38 Å². The maximum atomic E-state index is 10.8. The van der Waals surface area contributed by atoms with Crippen LogP contribution in [0.3, 0.4) is 0 Å². The molecule has 1 aromatic rings. The van der Waals surface area contributed by atoms with Gasteiger partial charge in [-0.05, 0) is 13.8 Å². The summed E-state index contributed by atoms with van der Waals surface area (Å²) in [5, 5.41) is 0.992. The Morgan fingerprint density at radius 1 is 1.92 bits per heavy atom. The molecule has 1 heterocycles. The topological polar surface area (TPSA) is 39.2 Å². The van der Waals surface area contributed by atoms with Crippen LogP contribution in [0.4, 0.5) is 0 Å². The summed E-state index contributed by atoms with van der Waals surface area (Å²) < 4.78 is 16.2. The predicted octanol–water partition coefficient (Wildman–Crippen LogP) is 2.44. The molecule has 0 saturated heterocycles. The van der Waals surface area contributed by atoms with Crippen molar-refractivity contribution in [3.63, 3.8) is 0 Å². The summed E-state index contributed by atoms with van der Waals surface area (Å²) in [7, 11) is -0.0693. The van der Waals surface area contributed by atoms with Gasteiger partial charge in [0, 0.05) is 12.0 Å². The van der Waals surface area contributed by atoms with E-state index in [0.29, 0.717) is 12.3 Å². The second-order valence-corrected chi connectivity index (χ2v) is 4.02. The van der Waals surface area contributed by atoms with Crippen molar-refractivity contribution in [2.75, 3.05) is 6.61 Å². The van der Waals surface area contributed by atoms with E-state index in [1.54, 1.807) is 12.3 Å². The average Bonchev–Trinajstić information content (AvgIpc) is 2.57. The zero-order valence-electron chi connectivity index (χ0n) is 6.90. The van der Waals surface area contributed by atoms with Crippen molar-refractivity contribution in [1.29, 1.82) is 0 Å². The zero-order valence-corrected chi connectivity index (χ0v) is 8.61. The van der Waals surface area contributed by atoms with Crippen LogP contribution >= 0.6 is 19.8 Å². The molecule has 0 aliphatic carbocycles. The minimum Gasteiger partial charge on any atom is -0.357 e. The third-order valence-electron chi connectivity index (χ3n) is 1.46. The molecule has 0 saturated carbocycles. The van der Waals surface area contributed by atoms with Crippen molar-refractivity contribution >= 4 is 19.8 Å². The monoisotopic (exact) mass is 202 g/mol. The molecule has 0 unspecified atom stereocenters. The van der Waals surface area contributed by atoms with Crippen LogP contribution in [0.25, 0.3) is 0 Å². The molecule has 1 radical (unpaired) electrons. The van der Waals surface area contributed by atoms with Crippen LogP contribution in [0, 0.1) is 5.51 Å². The molecule has 5 heteroatoms. The Morgan fingerprint density at radius 3 is 3.08 bits per heavy atom. The van der Waals surface area contributed by atoms with Gasteiger partial charge in [0.05, 0.1) is 5.69 Å². The van der Waals surface area contributed by atoms with E-state index in [0.717, 1.165) is 0 Å². The first kappa shape index (κ1) is 9.78. The molecule has 0 fully saturated rings. The zero-order chi connectivity index (χ0) is 9.03. The Balaban J connectivity index is 2.87. The van der Waals surface area contributed by atoms with Gasteiger partial charge < -0.3 is 4.74 Å². The lowest BCUT2D eigenvalue weighted by Gasteiger charge is -2.18. The maximum absolute atomic E-state index is 10.8. The van der Waals surface area contributed by atoms with Gasteiger partial charge >= 0.3 is 0 Å². The van der Waals surface area contributed by atoms with Gasteiger partial charge in [-0.2, -0.15) is 0 Å². The highest BCUT2D eigenvalue weighted by atomic mass is 32.1. The molecule has 1 atom stereocenters. The van der Waals surface area contributed by atoms with E-state index < -0.39 is 5.34 Å². The van der Waals surface area contributed by atoms with Gasteiger partial charge in [-0.3, -0.25) is 4.57 Å². The Bertz CT molecular complexity index is 252. The molecular formula is C7H9NO2PS. The van der Waals surface area contributed by atoms with Gasteiger partial charge in [-0.25, -0.2) is 4.98 Å². The second kappa shape index (κ2) is 4.08. The normalized spacial score (nSPS) is 16.2. The molecule has 0 spiro atoms. The maximum Gasteiger partial charge on any atom is 0.197 e. The van der Waals surface area contributed by atoms with Gasteiger partial charge in [-0.1, -0.05) is 0 Å². The molecule has 0 aliphatic rings. The van der Waals surface area contributed by atoms with Crippen molar-refractivity contribution < 1.29 is 9.30 Å². The fourth-order valence-corrected chi connectivity index (χ4v) is 1.90. The van der Waals surface area contributed by atoms with Crippen LogP contribution in [0.5, 0.6) is 0 Å². The summed E-state index contributed by atoms with van der Waals surface area (Å²) >= 11 is 1.35. The summed E-state index contributed by atoms with van der Waals surface area (Å²) in [6, 6.07) is 0. The molecule has 12 heavy (non-hydrogen) atoms. The molecule has 1 aromatic heterocycles. The highest BCUT2D eigenvalue weighted by Crippen LogP contribution is 2.35. The number of nitrogens with zero attached hydrogens (tertiary/aromatic N) is 1. The number of hydrogen-bond donors (Lipinski definition) is 0. The molecule has 3 nitrogen and oxygen atoms in total. The van der Waals surface area contributed by atoms with E-state index in [2.05, 4.69) is 10.5 Å². The van der Waals surface area contributed by atoms with Gasteiger partial charge in [0.25, 0.3) is 0 Å². The summed E-state index contributed by atoms with van der Waals surface area (Å²) in [6.07, 6.45) is 0. The Morgan fingerprint density at radius 2 is 2.67 bits per heavy atom. The lowest BCUT2D eigenvalue weighted by Crippen LogP contribution is -2.18. The SMILES string of the molecule is CCO[C@@](C)(P=O)c1cs[c]n1. The summed E-state index contributed by atoms with van der Waals surface area (Å²) in [5.74, 6) is 0. The van der Waals surface area contributed by atoms with E-state index in [4.69, 9.17) is 4.74 Å². The fourth-order valence-electron chi connectivity index (χ4n) is 0.825. The van der Waals surface area contributed by atoms with Crippen molar-refractivity contribution in [2.45, 2.75) is 19.2 Å². The van der Waals surface area contributed by atoms with Crippen molar-refractivity contribution in [2.24, 2.45) is 0 Å². The molecule has 1 rings (SSSR count). The first-order valence-electron chi connectivity index (χ1n) is 3.53. The summed E-state index contributed by atoms with van der Waals surface area (Å²) in [6.45, 7) is 4.12. The average molecular weight is 202 g/mol. The molecule has 0 bridgehead atoms. The number of thiazole rings is 1. The van der Waals surface area contributed by atoms with Crippen molar-refractivity contribution in [3.05, 3.63) is 16.6 Å². The molecule has 0 N–H and O–H groups in total. The van der Waals surface area contributed by atoms with Crippen molar-refractivity contribution in [3.8, 4) is 0 Å². The van der Waals surface area contributed by atoms with Crippen LogP contribution in [-0.2, 0) is 14.6 Å². The molecule has 0 amide bonds. The predicted molar refractivity (Wildman–Crippen MR) is 47.5 cm³/mol. The second-order valence-electron chi connectivity index (χ2n) is 2.33. The minimum absolute atomic E-state index is 0.0693. The van der Waals surface area contributed by atoms with Gasteiger partial charge in [0.15, 0.2) is 19.3 Å². The summed E-state index contributed by atoms with van der Waals surface area (Å²) in [5.41, 5.74) is 3.37. The Labute approximate surface area is 77.0 Å². The largest absolute Gasteiger partial charge is 0.357 e. The number of hydrogen-bond acceptors (Lipinski definition) is 4. The van der Waals surface area contributed by atoms with Crippen molar-refractivity contribution in [1.82, 2.24) is 4.98 Å². The van der Waals surface area contributed by atoms with E-state index in [1.807, 2.05) is 6.92 Å². The van der Waals surface area contributed by atoms with E-state index >= 15 is 0 Å². The molecule has 0 aliphatic heterocycles. The van der Waals surface area contributed by atoms with Crippen LogP contribution in [0.1, 0.15) is 19.5 Å². The lowest BCUT2D eigenvalue weighted by atomic mass is 10.3. The van der Waals surface area contributed by atoms with E-state index in [1.165, 1.54) is 11.3 Å². The van der Waals surface area contributed by atoms with E-state index in [-0.39, 0.29) is 8.46 Å². The first-order valence-corrected chi connectivity index (χ1v) is 5.22. The van der Waals surface area contributed by atoms with Gasteiger partial charge in [0.1, 0.15) is 0 Å². The lowest BCUT2D eigenvalue weighted by molar-refractivity contribution is 0.0385. The first-order chi connectivity index (χ1) is 5.73. The Kier molecular flexibility index (Phi) is 3.32. The number of aromatic nitrogens is 1. The molecule has 0 aromatic carbocycles. The summed E-state index contributed by atoms with van der Waals surface area (Å²) in [4.78, 5) is 3.94. The molecular weight excluding hydrogens is 193 g/mol. The van der Waals surface area contributed by atoms with Gasteiger partial charge in [0.2, 0.25) is 0 Å². The van der Waals surface area contributed by atoms with Crippen LogP contribution in [-0.4, -0.2) is 11.6 Å². The highest BCUT2D eigenvalue weighted by Gasteiger charge is 2.29. The molecule has 65 valence electrons. The number of ether oxygens (including phenoxy) is 1. The highest BCUT2D eigenvalue weighted by molar-refractivity contribution is 7.25. The van der Waals surface area contributed by atoms with Crippen LogP contribution in [0.2, 0.25) is 0 Å².